The zero-order chi connectivity index (χ0) is 16.2. The summed E-state index contributed by atoms with van der Waals surface area (Å²) in [5.74, 6) is 1.19. The molecule has 1 atom stereocenters. The number of hydrogen-bond donors (Lipinski definition) is 1. The summed E-state index contributed by atoms with van der Waals surface area (Å²) in [4.78, 5) is 2.00. The summed E-state index contributed by atoms with van der Waals surface area (Å²) in [6.45, 7) is 2.81. The predicted octanol–water partition coefficient (Wildman–Crippen LogP) is 2.29. The molecule has 1 N–H and O–H groups in total. The van der Waals surface area contributed by atoms with Crippen LogP contribution in [0.2, 0.25) is 0 Å². The minimum Gasteiger partial charge on any atom is -0.497 e. The molecule has 0 saturated carbocycles. The van der Waals surface area contributed by atoms with Gasteiger partial charge in [-0.2, -0.15) is 0 Å². The van der Waals surface area contributed by atoms with Crippen LogP contribution < -0.4 is 10.1 Å². The van der Waals surface area contributed by atoms with Gasteiger partial charge in [-0.3, -0.25) is 0 Å². The lowest BCUT2D eigenvalue weighted by molar-refractivity contribution is 0.339. The molecule has 0 aromatic heterocycles. The molecule has 0 unspecified atom stereocenters. The van der Waals surface area contributed by atoms with Crippen LogP contribution in [0.15, 0.2) is 24.3 Å². The van der Waals surface area contributed by atoms with Gasteiger partial charge >= 0.3 is 0 Å². The molecule has 1 saturated heterocycles. The third kappa shape index (κ3) is 4.33. The van der Waals surface area contributed by atoms with E-state index in [9.17, 15) is 8.42 Å². The summed E-state index contributed by atoms with van der Waals surface area (Å²) in [6, 6.07) is 7.48. The normalized spacial score (nSPS) is 19.6. The third-order valence-electron chi connectivity index (χ3n) is 3.70. The summed E-state index contributed by atoms with van der Waals surface area (Å²) < 4.78 is 28.6. The molecule has 5 nitrogen and oxygen atoms in total. The first-order valence-electron chi connectivity index (χ1n) is 7.37. The van der Waals surface area contributed by atoms with Gasteiger partial charge in [0.2, 0.25) is 0 Å². The highest BCUT2D eigenvalue weighted by Gasteiger charge is 2.33. The van der Waals surface area contributed by atoms with Gasteiger partial charge in [0.1, 0.15) is 5.75 Å². The largest absolute Gasteiger partial charge is 0.497 e. The highest BCUT2D eigenvalue weighted by atomic mass is 32.2. The molecule has 1 aromatic carbocycles. The van der Waals surface area contributed by atoms with Gasteiger partial charge in [-0.25, -0.2) is 8.42 Å². The summed E-state index contributed by atoms with van der Waals surface area (Å²) in [7, 11) is -1.31. The molecule has 7 heteroatoms. The van der Waals surface area contributed by atoms with Crippen molar-refractivity contribution in [2.75, 3.05) is 30.5 Å². The van der Waals surface area contributed by atoms with Crippen molar-refractivity contribution >= 4 is 32.9 Å². The molecule has 122 valence electrons. The number of benzene rings is 1. The molecule has 0 amide bonds. The quantitative estimate of drug-likeness (QED) is 0.829. The van der Waals surface area contributed by atoms with Crippen molar-refractivity contribution in [1.29, 1.82) is 0 Å². The summed E-state index contributed by atoms with van der Waals surface area (Å²) in [5, 5.41) is 3.76. The van der Waals surface area contributed by atoms with Crippen LogP contribution in [0.1, 0.15) is 19.8 Å². The lowest BCUT2D eigenvalue weighted by atomic mass is 10.2. The molecule has 0 radical (unpaired) electrons. The number of nitrogens with zero attached hydrogens (tertiary/aromatic N) is 1. The average molecular weight is 342 g/mol. The topological polar surface area (TPSA) is 58.6 Å². The molecular weight excluding hydrogens is 320 g/mol. The first-order chi connectivity index (χ1) is 10.4. The molecule has 1 aliphatic rings. The zero-order valence-corrected chi connectivity index (χ0v) is 14.5. The highest BCUT2D eigenvalue weighted by Crippen LogP contribution is 2.21. The van der Waals surface area contributed by atoms with E-state index in [1.54, 1.807) is 7.11 Å². The first-order valence-corrected chi connectivity index (χ1v) is 9.60. The van der Waals surface area contributed by atoms with E-state index in [2.05, 4.69) is 12.2 Å². The Labute approximate surface area is 137 Å². The van der Waals surface area contributed by atoms with Crippen molar-refractivity contribution in [2.24, 2.45) is 0 Å². The SMILES string of the molecule is CCCN(C(=S)Nc1cccc(OC)c1)[C@@H]1CCS(=O)(=O)C1. The Hall–Kier alpha value is -1.34. The Morgan fingerprint density at radius 1 is 1.50 bits per heavy atom. The second-order valence-electron chi connectivity index (χ2n) is 5.41. The van der Waals surface area contributed by atoms with Gasteiger partial charge in [-0.1, -0.05) is 13.0 Å². The smallest absolute Gasteiger partial charge is 0.173 e. The maximum atomic E-state index is 11.7. The van der Waals surface area contributed by atoms with Crippen molar-refractivity contribution in [3.63, 3.8) is 0 Å². The van der Waals surface area contributed by atoms with Gasteiger partial charge in [-0.15, -0.1) is 0 Å². The van der Waals surface area contributed by atoms with E-state index in [0.717, 1.165) is 24.4 Å². The van der Waals surface area contributed by atoms with Crippen molar-refractivity contribution in [3.8, 4) is 5.75 Å². The van der Waals surface area contributed by atoms with Crippen molar-refractivity contribution in [1.82, 2.24) is 4.90 Å². The molecule has 0 aliphatic carbocycles. The van der Waals surface area contributed by atoms with Crippen LogP contribution in [0.4, 0.5) is 5.69 Å². The first kappa shape index (κ1) is 17.0. The second-order valence-corrected chi connectivity index (χ2v) is 8.03. The number of nitrogens with one attached hydrogen (secondary N) is 1. The third-order valence-corrected chi connectivity index (χ3v) is 5.78. The Kier molecular flexibility index (Phi) is 5.63. The molecule has 1 fully saturated rings. The maximum Gasteiger partial charge on any atom is 0.173 e. The Morgan fingerprint density at radius 2 is 2.27 bits per heavy atom. The van der Waals surface area contributed by atoms with E-state index in [0.29, 0.717) is 11.5 Å². The van der Waals surface area contributed by atoms with E-state index >= 15 is 0 Å². The molecule has 1 aromatic rings. The second kappa shape index (κ2) is 7.28. The Bertz CT molecular complexity index is 631. The highest BCUT2D eigenvalue weighted by molar-refractivity contribution is 7.91. The Balaban J connectivity index is 2.09. The zero-order valence-electron chi connectivity index (χ0n) is 12.9. The van der Waals surface area contributed by atoms with Crippen LogP contribution in [-0.4, -0.2) is 49.6 Å². The van der Waals surface area contributed by atoms with Crippen LogP contribution in [0.5, 0.6) is 5.75 Å². The maximum absolute atomic E-state index is 11.7. The fraction of sp³-hybridized carbons (Fsp3) is 0.533. The van der Waals surface area contributed by atoms with E-state index in [1.165, 1.54) is 0 Å². The summed E-state index contributed by atoms with van der Waals surface area (Å²) >= 11 is 5.49. The number of sulfone groups is 1. The fourth-order valence-electron chi connectivity index (χ4n) is 2.61. The van der Waals surface area contributed by atoms with Crippen LogP contribution in [0.3, 0.4) is 0 Å². The lowest BCUT2D eigenvalue weighted by Crippen LogP contribution is -2.43. The minimum absolute atomic E-state index is 0.0319. The number of methoxy groups -OCH3 is 1. The van der Waals surface area contributed by atoms with E-state index in [1.807, 2.05) is 29.2 Å². The molecule has 0 spiro atoms. The summed E-state index contributed by atoms with van der Waals surface area (Å²) in [5.41, 5.74) is 0.839. The van der Waals surface area contributed by atoms with Gasteiger partial charge in [0, 0.05) is 24.3 Å². The number of thiocarbonyl (C=S) groups is 1. The van der Waals surface area contributed by atoms with Gasteiger partial charge in [0.05, 0.1) is 18.6 Å². The minimum atomic E-state index is -2.92. The molecule has 2 rings (SSSR count). The van der Waals surface area contributed by atoms with Gasteiger partial charge in [-0.05, 0) is 37.2 Å². The van der Waals surface area contributed by atoms with Gasteiger partial charge in [0.25, 0.3) is 0 Å². The monoisotopic (exact) mass is 342 g/mol. The standard InChI is InChI=1S/C15H22N2O3S2/c1-3-8-17(13-7-9-22(18,19)11-13)15(21)16-12-5-4-6-14(10-12)20-2/h4-6,10,13H,3,7-9,11H2,1-2H3,(H,16,21)/t13-/m1/s1. The molecule has 1 aliphatic heterocycles. The van der Waals surface area contributed by atoms with E-state index in [-0.39, 0.29) is 17.5 Å². The molecule has 1 heterocycles. The average Bonchev–Trinajstić information content (AvgIpc) is 2.84. The number of ether oxygens (including phenoxy) is 1. The molecular formula is C15H22N2O3S2. The lowest BCUT2D eigenvalue weighted by Gasteiger charge is -2.30. The van der Waals surface area contributed by atoms with Crippen molar-refractivity contribution in [3.05, 3.63) is 24.3 Å². The van der Waals surface area contributed by atoms with Crippen molar-refractivity contribution < 1.29 is 13.2 Å². The summed E-state index contributed by atoms with van der Waals surface area (Å²) in [6.07, 6.45) is 1.55. The molecule has 22 heavy (non-hydrogen) atoms. The van der Waals surface area contributed by atoms with Crippen LogP contribution in [-0.2, 0) is 9.84 Å². The molecule has 0 bridgehead atoms. The van der Waals surface area contributed by atoms with Crippen LogP contribution >= 0.6 is 12.2 Å². The fourth-order valence-corrected chi connectivity index (χ4v) is 4.70. The van der Waals surface area contributed by atoms with Gasteiger partial charge in [0.15, 0.2) is 14.9 Å². The number of rotatable bonds is 5. The van der Waals surface area contributed by atoms with E-state index in [4.69, 9.17) is 17.0 Å². The van der Waals surface area contributed by atoms with E-state index < -0.39 is 9.84 Å². The Morgan fingerprint density at radius 3 is 2.86 bits per heavy atom. The van der Waals surface area contributed by atoms with Gasteiger partial charge < -0.3 is 15.0 Å². The van der Waals surface area contributed by atoms with Crippen molar-refractivity contribution in [2.45, 2.75) is 25.8 Å². The number of anilines is 1. The predicted molar refractivity (Wildman–Crippen MR) is 93.3 cm³/mol. The van der Waals surface area contributed by atoms with Crippen LogP contribution in [0.25, 0.3) is 0 Å². The van der Waals surface area contributed by atoms with Crippen LogP contribution in [0, 0.1) is 0 Å². The number of hydrogen-bond acceptors (Lipinski definition) is 4.